The standard InChI is InChI=1S/C34H37F2N5/c1-19(2)16-23-14-15-25(18-28(23)36)32(37)31-33(38)40-41(5)34(31)39-21(4)26-17-24-12-9-13-27(35)30(24)20(3)29(26)22-10-7-6-8-11-22/h6-13,18-19,21,37,39H,3,14-17H2,1-2,4-5H3,(H2,38,40). The van der Waals surface area contributed by atoms with Crippen molar-refractivity contribution in [3.8, 4) is 0 Å². The van der Waals surface area contributed by atoms with Crippen molar-refractivity contribution in [2.24, 2.45) is 13.0 Å². The van der Waals surface area contributed by atoms with E-state index in [9.17, 15) is 8.78 Å². The van der Waals surface area contributed by atoms with E-state index in [4.69, 9.17) is 11.1 Å². The molecule has 0 fully saturated rings. The number of fused-ring (bicyclic) bond motifs is 1. The monoisotopic (exact) mass is 553 g/mol. The van der Waals surface area contributed by atoms with Crippen molar-refractivity contribution in [1.82, 2.24) is 9.78 Å². The van der Waals surface area contributed by atoms with E-state index in [1.807, 2.05) is 43.3 Å². The molecular weight excluding hydrogens is 516 g/mol. The summed E-state index contributed by atoms with van der Waals surface area (Å²) in [6.07, 6.45) is 3.88. The first-order chi connectivity index (χ1) is 19.6. The van der Waals surface area contributed by atoms with Crippen LogP contribution in [0.4, 0.5) is 20.4 Å². The molecular formula is C34H37F2N5. The minimum absolute atomic E-state index is 0.168. The molecule has 2 aromatic carbocycles. The molecule has 1 heterocycles. The van der Waals surface area contributed by atoms with Gasteiger partial charge in [-0.3, -0.25) is 10.1 Å². The van der Waals surface area contributed by atoms with Crippen molar-refractivity contribution in [2.45, 2.75) is 52.5 Å². The maximum atomic E-state index is 15.0. The number of nitrogens with one attached hydrogen (secondary N) is 2. The maximum Gasteiger partial charge on any atom is 0.157 e. The summed E-state index contributed by atoms with van der Waals surface area (Å²) in [6.45, 7) is 10.5. The van der Waals surface area contributed by atoms with Gasteiger partial charge in [-0.2, -0.15) is 5.10 Å². The fourth-order valence-corrected chi connectivity index (χ4v) is 6.03. The summed E-state index contributed by atoms with van der Waals surface area (Å²) in [5.41, 5.74) is 13.3. The lowest BCUT2D eigenvalue weighted by molar-refractivity contribution is 0.569. The highest BCUT2D eigenvalue weighted by atomic mass is 19.1. The number of nitrogens with two attached hydrogens (primary N) is 1. The van der Waals surface area contributed by atoms with Crippen LogP contribution in [0.15, 0.2) is 83.7 Å². The van der Waals surface area contributed by atoms with Gasteiger partial charge in [0.25, 0.3) is 0 Å². The number of anilines is 2. The number of allylic oxidation sites excluding steroid dienone is 6. The van der Waals surface area contributed by atoms with Crippen LogP contribution in [0.25, 0.3) is 11.1 Å². The van der Waals surface area contributed by atoms with E-state index in [0.29, 0.717) is 59.7 Å². The molecule has 1 unspecified atom stereocenters. The summed E-state index contributed by atoms with van der Waals surface area (Å²) in [5.74, 6) is 0.622. The van der Waals surface area contributed by atoms with Crippen LogP contribution in [0.5, 0.6) is 0 Å². The molecule has 4 N–H and O–H groups in total. The van der Waals surface area contributed by atoms with Crippen molar-refractivity contribution in [3.63, 3.8) is 0 Å². The van der Waals surface area contributed by atoms with Gasteiger partial charge in [0.1, 0.15) is 17.5 Å². The van der Waals surface area contributed by atoms with Crippen molar-refractivity contribution in [2.75, 3.05) is 11.1 Å². The maximum absolute atomic E-state index is 15.0. The van der Waals surface area contributed by atoms with Crippen LogP contribution in [0.2, 0.25) is 0 Å². The van der Waals surface area contributed by atoms with E-state index in [0.717, 1.165) is 27.8 Å². The van der Waals surface area contributed by atoms with E-state index in [1.165, 1.54) is 12.1 Å². The predicted molar refractivity (Wildman–Crippen MR) is 165 cm³/mol. The van der Waals surface area contributed by atoms with Gasteiger partial charge in [-0.25, -0.2) is 8.78 Å². The van der Waals surface area contributed by atoms with Gasteiger partial charge in [0, 0.05) is 18.7 Å². The predicted octanol–water partition coefficient (Wildman–Crippen LogP) is 8.02. The minimum Gasteiger partial charge on any atom is -0.382 e. The van der Waals surface area contributed by atoms with Gasteiger partial charge in [0.05, 0.1) is 11.3 Å². The van der Waals surface area contributed by atoms with Gasteiger partial charge in [0.2, 0.25) is 0 Å². The van der Waals surface area contributed by atoms with E-state index >= 15 is 0 Å². The lowest BCUT2D eigenvalue weighted by Gasteiger charge is -2.30. The van der Waals surface area contributed by atoms with Crippen LogP contribution in [-0.4, -0.2) is 21.5 Å². The molecule has 0 saturated carbocycles. The Bertz CT molecular complexity index is 1620. The Morgan fingerprint density at radius 3 is 2.51 bits per heavy atom. The Balaban J connectivity index is 1.53. The van der Waals surface area contributed by atoms with Crippen LogP contribution in [0.1, 0.15) is 62.3 Å². The fourth-order valence-electron chi connectivity index (χ4n) is 6.03. The molecule has 41 heavy (non-hydrogen) atoms. The Labute approximate surface area is 240 Å². The quantitative estimate of drug-likeness (QED) is 0.247. The zero-order chi connectivity index (χ0) is 29.4. The molecule has 0 bridgehead atoms. The highest BCUT2D eigenvalue weighted by molar-refractivity contribution is 6.16. The van der Waals surface area contributed by atoms with Crippen LogP contribution in [0, 0.1) is 17.1 Å². The normalized spacial score (nSPS) is 16.2. The van der Waals surface area contributed by atoms with Crippen LogP contribution in [-0.2, 0) is 13.5 Å². The fraction of sp³-hybridized carbons (Fsp3) is 0.294. The average Bonchev–Trinajstić information content (AvgIpc) is 3.21. The molecule has 2 aliphatic rings. The number of rotatable bonds is 8. The SMILES string of the molecule is C=C1C(c2ccccc2)=C(C(C)Nc2c(C(=N)C3=CC(F)=C(CC(C)C)CC3)c(N)nn2C)Cc2cccc(F)c21. The van der Waals surface area contributed by atoms with Gasteiger partial charge in [0.15, 0.2) is 5.82 Å². The molecule has 2 aliphatic carbocycles. The topological polar surface area (TPSA) is 79.7 Å². The molecule has 0 saturated heterocycles. The Morgan fingerprint density at radius 2 is 1.83 bits per heavy atom. The number of aryl methyl sites for hydroxylation is 1. The molecule has 3 aromatic rings. The van der Waals surface area contributed by atoms with Crippen molar-refractivity contribution in [3.05, 3.63) is 112 Å². The minimum atomic E-state index is -0.283. The van der Waals surface area contributed by atoms with E-state index in [-0.39, 0.29) is 29.2 Å². The average molecular weight is 554 g/mol. The first-order valence-electron chi connectivity index (χ1n) is 14.1. The Morgan fingerprint density at radius 1 is 1.10 bits per heavy atom. The Hall–Kier alpha value is -4.26. The third kappa shape index (κ3) is 5.41. The zero-order valence-electron chi connectivity index (χ0n) is 24.1. The molecule has 1 atom stereocenters. The van der Waals surface area contributed by atoms with Gasteiger partial charge in [-0.05, 0) is 89.7 Å². The number of nitrogen functional groups attached to an aromatic ring is 1. The number of aromatic nitrogens is 2. The van der Waals surface area contributed by atoms with Crippen LogP contribution in [0.3, 0.4) is 0 Å². The molecule has 5 rings (SSSR count). The summed E-state index contributed by atoms with van der Waals surface area (Å²) in [6, 6.07) is 14.8. The van der Waals surface area contributed by atoms with E-state index < -0.39 is 0 Å². The summed E-state index contributed by atoms with van der Waals surface area (Å²) >= 11 is 0. The second-order valence-electron chi connectivity index (χ2n) is 11.4. The highest BCUT2D eigenvalue weighted by Gasteiger charge is 2.30. The molecule has 7 heteroatoms. The third-order valence-corrected chi connectivity index (χ3v) is 7.98. The van der Waals surface area contributed by atoms with E-state index in [1.54, 1.807) is 17.8 Å². The molecule has 212 valence electrons. The zero-order valence-corrected chi connectivity index (χ0v) is 24.1. The smallest absolute Gasteiger partial charge is 0.157 e. The highest BCUT2D eigenvalue weighted by Crippen LogP contribution is 2.43. The lowest BCUT2D eigenvalue weighted by atomic mass is 9.77. The largest absolute Gasteiger partial charge is 0.382 e. The van der Waals surface area contributed by atoms with E-state index in [2.05, 4.69) is 30.8 Å². The number of nitrogens with zero attached hydrogens (tertiary/aromatic N) is 2. The number of benzene rings is 2. The van der Waals surface area contributed by atoms with Crippen LogP contribution < -0.4 is 11.1 Å². The van der Waals surface area contributed by atoms with Gasteiger partial charge < -0.3 is 11.1 Å². The third-order valence-electron chi connectivity index (χ3n) is 7.98. The Kier molecular flexibility index (Phi) is 7.80. The summed E-state index contributed by atoms with van der Waals surface area (Å²) in [4.78, 5) is 0. The molecule has 0 spiro atoms. The summed E-state index contributed by atoms with van der Waals surface area (Å²) in [5, 5.41) is 17.0. The van der Waals surface area contributed by atoms with Crippen molar-refractivity contribution >= 4 is 28.5 Å². The lowest BCUT2D eigenvalue weighted by Crippen LogP contribution is -2.26. The molecule has 5 nitrogen and oxygen atoms in total. The summed E-state index contributed by atoms with van der Waals surface area (Å²) in [7, 11) is 1.77. The number of hydrogen-bond donors (Lipinski definition) is 3. The first-order valence-corrected chi connectivity index (χ1v) is 14.1. The van der Waals surface area contributed by atoms with Crippen molar-refractivity contribution in [1.29, 1.82) is 5.41 Å². The molecule has 0 amide bonds. The molecule has 1 aromatic heterocycles. The van der Waals surface area contributed by atoms with Gasteiger partial charge >= 0.3 is 0 Å². The second kappa shape index (κ2) is 11.3. The number of halogens is 2. The van der Waals surface area contributed by atoms with Gasteiger partial charge in [-0.15, -0.1) is 0 Å². The second-order valence-corrected chi connectivity index (χ2v) is 11.4. The molecule has 0 radical (unpaired) electrons. The first kappa shape index (κ1) is 28.3. The number of hydrogen-bond acceptors (Lipinski definition) is 4. The van der Waals surface area contributed by atoms with Crippen LogP contribution >= 0.6 is 0 Å². The molecule has 0 aliphatic heterocycles. The van der Waals surface area contributed by atoms with Gasteiger partial charge in [-0.1, -0.05) is 62.9 Å². The summed E-state index contributed by atoms with van der Waals surface area (Å²) < 4.78 is 31.6. The van der Waals surface area contributed by atoms with Crippen molar-refractivity contribution < 1.29 is 8.78 Å².